The number of carbonyl (C=O) groups is 1. The monoisotopic (exact) mass is 262 g/mol. The minimum atomic E-state index is -0.733. The lowest BCUT2D eigenvalue weighted by Gasteiger charge is -2.13. The molecule has 1 N–H and O–H groups in total. The van der Waals surface area contributed by atoms with Crippen molar-refractivity contribution in [2.75, 3.05) is 6.61 Å². The van der Waals surface area contributed by atoms with Gasteiger partial charge in [0.1, 0.15) is 5.78 Å². The van der Waals surface area contributed by atoms with Crippen molar-refractivity contribution in [3.63, 3.8) is 0 Å². The molecule has 0 saturated carbocycles. The second-order valence-corrected chi connectivity index (χ2v) is 4.75. The molecule has 0 bridgehead atoms. The zero-order chi connectivity index (χ0) is 14.1. The van der Waals surface area contributed by atoms with Crippen molar-refractivity contribution >= 4 is 5.78 Å². The highest BCUT2D eigenvalue weighted by Gasteiger charge is 2.16. The molecule has 0 saturated heterocycles. The molecule has 3 heteroatoms. The third-order valence-corrected chi connectivity index (χ3v) is 2.93. The summed E-state index contributed by atoms with van der Waals surface area (Å²) < 4.78 is 5.40. The van der Waals surface area contributed by atoms with Crippen LogP contribution in [-0.2, 0) is 16.1 Å². The first-order valence-corrected chi connectivity index (χ1v) is 6.56. The van der Waals surface area contributed by atoms with Crippen LogP contribution >= 0.6 is 0 Å². The summed E-state index contributed by atoms with van der Waals surface area (Å²) in [7, 11) is 0. The lowest BCUT2D eigenvalue weighted by Crippen LogP contribution is -2.23. The fraction of sp³-hybridized carbons (Fsp3) is 0.438. The van der Waals surface area contributed by atoms with E-state index in [-0.39, 0.29) is 24.7 Å². The van der Waals surface area contributed by atoms with Gasteiger partial charge in [-0.3, -0.25) is 4.79 Å². The Bertz CT molecular complexity index is 386. The second-order valence-electron chi connectivity index (χ2n) is 4.75. The van der Waals surface area contributed by atoms with E-state index in [4.69, 9.17) is 4.74 Å². The Morgan fingerprint density at radius 1 is 1.42 bits per heavy atom. The van der Waals surface area contributed by atoms with Crippen molar-refractivity contribution in [1.82, 2.24) is 0 Å². The molecule has 0 aliphatic carbocycles. The zero-order valence-corrected chi connectivity index (χ0v) is 11.4. The summed E-state index contributed by atoms with van der Waals surface area (Å²) in [4.78, 5) is 11.7. The molecule has 0 amide bonds. The number of Topliss-reactive ketones (excluding diaryl/α,β-unsaturated/α-hetero) is 1. The molecule has 0 aromatic heterocycles. The van der Waals surface area contributed by atoms with Crippen molar-refractivity contribution in [2.45, 2.75) is 32.5 Å². The fourth-order valence-electron chi connectivity index (χ4n) is 1.76. The molecule has 0 spiro atoms. The molecule has 0 radical (unpaired) electrons. The number of aliphatic hydroxyl groups excluding tert-OH is 1. The van der Waals surface area contributed by atoms with Crippen LogP contribution < -0.4 is 0 Å². The molecule has 0 unspecified atom stereocenters. The molecule has 2 atom stereocenters. The van der Waals surface area contributed by atoms with Crippen molar-refractivity contribution in [3.05, 3.63) is 48.6 Å². The average molecular weight is 262 g/mol. The fourth-order valence-corrected chi connectivity index (χ4v) is 1.76. The van der Waals surface area contributed by atoms with Crippen LogP contribution in [-0.4, -0.2) is 23.6 Å². The summed E-state index contributed by atoms with van der Waals surface area (Å²) in [6.45, 7) is 6.09. The first-order chi connectivity index (χ1) is 9.13. The highest BCUT2D eigenvalue weighted by Crippen LogP contribution is 2.09. The Labute approximate surface area is 114 Å². The largest absolute Gasteiger partial charge is 0.390 e. The van der Waals surface area contributed by atoms with Gasteiger partial charge in [0.2, 0.25) is 0 Å². The number of ketones is 1. The summed E-state index contributed by atoms with van der Waals surface area (Å²) >= 11 is 0. The van der Waals surface area contributed by atoms with Crippen molar-refractivity contribution in [1.29, 1.82) is 0 Å². The highest BCUT2D eigenvalue weighted by molar-refractivity contribution is 5.81. The van der Waals surface area contributed by atoms with Crippen LogP contribution in [0.1, 0.15) is 25.3 Å². The maximum Gasteiger partial charge on any atom is 0.138 e. The number of rotatable bonds is 9. The minimum absolute atomic E-state index is 0.0516. The van der Waals surface area contributed by atoms with E-state index in [0.717, 1.165) is 5.56 Å². The van der Waals surface area contributed by atoms with Gasteiger partial charge in [0.25, 0.3) is 0 Å². The van der Waals surface area contributed by atoms with Crippen molar-refractivity contribution < 1.29 is 14.6 Å². The van der Waals surface area contributed by atoms with Gasteiger partial charge in [0.05, 0.1) is 19.3 Å². The lowest BCUT2D eigenvalue weighted by atomic mass is 9.98. The van der Waals surface area contributed by atoms with Crippen LogP contribution in [0.5, 0.6) is 0 Å². The van der Waals surface area contributed by atoms with Crippen LogP contribution in [0.3, 0.4) is 0 Å². The van der Waals surface area contributed by atoms with E-state index in [9.17, 15) is 9.90 Å². The van der Waals surface area contributed by atoms with E-state index < -0.39 is 6.10 Å². The molecule has 3 nitrogen and oxygen atoms in total. The minimum Gasteiger partial charge on any atom is -0.390 e. The summed E-state index contributed by atoms with van der Waals surface area (Å²) in [6, 6.07) is 9.75. The van der Waals surface area contributed by atoms with Gasteiger partial charge in [-0.05, 0) is 12.0 Å². The number of hydrogen-bond donors (Lipinski definition) is 1. The lowest BCUT2D eigenvalue weighted by molar-refractivity contribution is -0.125. The predicted molar refractivity (Wildman–Crippen MR) is 75.7 cm³/mol. The van der Waals surface area contributed by atoms with E-state index in [1.165, 1.54) is 0 Å². The van der Waals surface area contributed by atoms with E-state index in [1.54, 1.807) is 6.08 Å². The van der Waals surface area contributed by atoms with Gasteiger partial charge in [-0.15, -0.1) is 6.58 Å². The molecule has 1 rings (SSSR count). The molecule has 0 aliphatic rings. The molecule has 1 aromatic rings. The summed E-state index contributed by atoms with van der Waals surface area (Å²) in [5.74, 6) is -0.0306. The van der Waals surface area contributed by atoms with Gasteiger partial charge in [0.15, 0.2) is 0 Å². The Balaban J connectivity index is 2.22. The quantitative estimate of drug-likeness (QED) is 0.696. The zero-order valence-electron chi connectivity index (χ0n) is 11.4. The maximum atomic E-state index is 11.7. The van der Waals surface area contributed by atoms with Gasteiger partial charge in [-0.2, -0.15) is 0 Å². The van der Waals surface area contributed by atoms with E-state index in [1.807, 2.05) is 37.3 Å². The third-order valence-electron chi connectivity index (χ3n) is 2.93. The smallest absolute Gasteiger partial charge is 0.138 e. The number of aliphatic hydroxyl groups is 1. The van der Waals surface area contributed by atoms with Gasteiger partial charge < -0.3 is 9.84 Å². The SMILES string of the molecule is C=CC[C@@H](C)C(=O)C[C@H](O)COCc1ccccc1. The summed E-state index contributed by atoms with van der Waals surface area (Å²) in [5, 5.41) is 9.74. The van der Waals surface area contributed by atoms with Crippen molar-refractivity contribution in [2.24, 2.45) is 5.92 Å². The summed E-state index contributed by atoms with van der Waals surface area (Å²) in [5.41, 5.74) is 1.06. The molecule has 0 heterocycles. The molecule has 19 heavy (non-hydrogen) atoms. The van der Waals surface area contributed by atoms with Gasteiger partial charge in [-0.25, -0.2) is 0 Å². The molecular formula is C16H22O3. The first kappa shape index (κ1) is 15.6. The highest BCUT2D eigenvalue weighted by atomic mass is 16.5. The van der Waals surface area contributed by atoms with E-state index in [2.05, 4.69) is 6.58 Å². The normalized spacial score (nSPS) is 13.8. The molecule has 0 aliphatic heterocycles. The Morgan fingerprint density at radius 2 is 2.11 bits per heavy atom. The van der Waals surface area contributed by atoms with Crippen LogP contribution in [0.25, 0.3) is 0 Å². The Kier molecular flexibility index (Phi) is 7.08. The van der Waals surface area contributed by atoms with Crippen molar-refractivity contribution in [3.8, 4) is 0 Å². The maximum absolute atomic E-state index is 11.7. The van der Waals surface area contributed by atoms with Crippen LogP contribution in [0, 0.1) is 5.92 Å². The van der Waals surface area contributed by atoms with Gasteiger partial charge in [-0.1, -0.05) is 43.3 Å². The summed E-state index contributed by atoms with van der Waals surface area (Å²) in [6.07, 6.45) is 1.78. The molecule has 0 fully saturated rings. The Morgan fingerprint density at radius 3 is 2.74 bits per heavy atom. The number of benzene rings is 1. The Hall–Kier alpha value is -1.45. The molecular weight excluding hydrogens is 240 g/mol. The second kappa shape index (κ2) is 8.62. The average Bonchev–Trinajstić information content (AvgIpc) is 2.40. The molecule has 104 valence electrons. The predicted octanol–water partition coefficient (Wildman–Crippen LogP) is 2.74. The topological polar surface area (TPSA) is 46.5 Å². The van der Waals surface area contributed by atoms with E-state index in [0.29, 0.717) is 13.0 Å². The van der Waals surface area contributed by atoms with E-state index >= 15 is 0 Å². The number of allylic oxidation sites excluding steroid dienone is 1. The first-order valence-electron chi connectivity index (χ1n) is 6.56. The molecule has 1 aromatic carbocycles. The van der Waals surface area contributed by atoms with Gasteiger partial charge >= 0.3 is 0 Å². The third kappa shape index (κ3) is 6.32. The standard InChI is InChI=1S/C16H22O3/c1-3-7-13(2)16(18)10-15(17)12-19-11-14-8-5-4-6-9-14/h3-6,8-9,13,15,17H,1,7,10-12H2,2H3/t13-,15+/m1/s1. The number of ether oxygens (including phenoxy) is 1. The number of hydrogen-bond acceptors (Lipinski definition) is 3. The van der Waals surface area contributed by atoms with Crippen LogP contribution in [0.4, 0.5) is 0 Å². The number of carbonyl (C=O) groups excluding carboxylic acids is 1. The van der Waals surface area contributed by atoms with Crippen LogP contribution in [0.15, 0.2) is 43.0 Å². The van der Waals surface area contributed by atoms with Gasteiger partial charge in [0, 0.05) is 12.3 Å². The van der Waals surface area contributed by atoms with Crippen LogP contribution in [0.2, 0.25) is 0 Å².